The first-order valence-corrected chi connectivity index (χ1v) is 11.2. The zero-order chi connectivity index (χ0) is 23.8. The third kappa shape index (κ3) is 4.51. The highest BCUT2D eigenvalue weighted by molar-refractivity contribution is 6.05. The molecular formula is C24H26F2N6O2. The van der Waals surface area contributed by atoms with Gasteiger partial charge in [0.2, 0.25) is 5.75 Å². The molecule has 178 valence electrons. The van der Waals surface area contributed by atoms with Crippen molar-refractivity contribution < 1.29 is 18.6 Å². The Morgan fingerprint density at radius 1 is 1.12 bits per heavy atom. The number of aromatic nitrogens is 2. The first-order valence-electron chi connectivity index (χ1n) is 11.2. The number of nitrogens with one attached hydrogen (secondary N) is 1. The number of aliphatic hydroxyl groups excluding tert-OH is 1. The van der Waals surface area contributed by atoms with E-state index in [0.29, 0.717) is 41.6 Å². The number of fused-ring (bicyclic) bond motifs is 1. The molecule has 0 unspecified atom stereocenters. The number of anilines is 2. The number of ether oxygens (including phenoxy) is 1. The van der Waals surface area contributed by atoms with Gasteiger partial charge in [0, 0.05) is 37.8 Å². The number of piperazine rings is 1. The van der Waals surface area contributed by atoms with Crippen LogP contribution < -0.4 is 15.0 Å². The Morgan fingerprint density at radius 2 is 1.91 bits per heavy atom. The van der Waals surface area contributed by atoms with Crippen LogP contribution in [0.2, 0.25) is 0 Å². The minimum atomic E-state index is -0.793. The first kappa shape index (κ1) is 22.4. The molecule has 0 spiro atoms. The summed E-state index contributed by atoms with van der Waals surface area (Å²) in [5.41, 5.74) is 2.67. The lowest BCUT2D eigenvalue weighted by Gasteiger charge is -2.33. The van der Waals surface area contributed by atoms with Gasteiger partial charge in [-0.25, -0.2) is 8.78 Å². The van der Waals surface area contributed by atoms with Crippen LogP contribution >= 0.6 is 0 Å². The molecule has 1 aromatic carbocycles. The summed E-state index contributed by atoms with van der Waals surface area (Å²) in [6.45, 7) is 5.40. The number of likely N-dealkylation sites (N-methyl/N-ethyl adjacent to an activating group) is 1. The van der Waals surface area contributed by atoms with Gasteiger partial charge < -0.3 is 25.0 Å². The number of halogens is 2. The highest BCUT2D eigenvalue weighted by Crippen LogP contribution is 2.36. The van der Waals surface area contributed by atoms with Crippen molar-refractivity contribution in [2.24, 2.45) is 4.99 Å². The SMILES string of the molecule is CC1=Cc2c(cc(F)c(Oc3nc(NC4=NCC(CO)=C4)cc(N4CCN(C)CC4)n3)c2F)C1. The highest BCUT2D eigenvalue weighted by atomic mass is 19.1. The van der Waals surface area contributed by atoms with Crippen molar-refractivity contribution in [3.8, 4) is 11.8 Å². The van der Waals surface area contributed by atoms with E-state index in [2.05, 4.69) is 37.1 Å². The molecule has 2 N–H and O–H groups in total. The fraction of sp³-hybridized carbons (Fsp3) is 0.375. The van der Waals surface area contributed by atoms with Crippen LogP contribution in [0, 0.1) is 11.6 Å². The molecule has 0 atom stereocenters. The molecule has 1 aliphatic carbocycles. The molecular weight excluding hydrogens is 442 g/mol. The van der Waals surface area contributed by atoms with Gasteiger partial charge in [-0.15, -0.1) is 0 Å². The van der Waals surface area contributed by atoms with Crippen LogP contribution in [0.5, 0.6) is 11.8 Å². The third-order valence-electron chi connectivity index (χ3n) is 6.12. The second-order valence-electron chi connectivity index (χ2n) is 8.82. The van der Waals surface area contributed by atoms with Crippen LogP contribution in [-0.4, -0.2) is 72.2 Å². The lowest BCUT2D eigenvalue weighted by atomic mass is 10.1. The van der Waals surface area contributed by atoms with E-state index in [1.165, 1.54) is 6.07 Å². The van der Waals surface area contributed by atoms with Gasteiger partial charge in [-0.05, 0) is 43.7 Å². The minimum absolute atomic E-state index is 0.0792. The zero-order valence-electron chi connectivity index (χ0n) is 19.1. The van der Waals surface area contributed by atoms with Crippen LogP contribution in [0.15, 0.2) is 34.3 Å². The second kappa shape index (κ2) is 9.11. The quantitative estimate of drug-likeness (QED) is 0.698. The molecule has 1 aromatic heterocycles. The average Bonchev–Trinajstić information content (AvgIpc) is 3.42. The van der Waals surface area contributed by atoms with E-state index in [9.17, 15) is 9.50 Å². The number of rotatable bonds is 5. The molecule has 1 fully saturated rings. The summed E-state index contributed by atoms with van der Waals surface area (Å²) < 4.78 is 35.6. The van der Waals surface area contributed by atoms with Crippen molar-refractivity contribution in [2.75, 3.05) is 56.6 Å². The van der Waals surface area contributed by atoms with Crippen LogP contribution in [0.3, 0.4) is 0 Å². The van der Waals surface area contributed by atoms with Gasteiger partial charge in [0.15, 0.2) is 11.6 Å². The Hall–Kier alpha value is -3.37. The van der Waals surface area contributed by atoms with E-state index >= 15 is 4.39 Å². The molecule has 2 aliphatic heterocycles. The lowest BCUT2D eigenvalue weighted by molar-refractivity contribution is 0.311. The predicted molar refractivity (Wildman–Crippen MR) is 127 cm³/mol. The molecule has 5 rings (SSSR count). The smallest absolute Gasteiger partial charge is 0.326 e. The number of hydrogen-bond acceptors (Lipinski definition) is 8. The van der Waals surface area contributed by atoms with Crippen LogP contribution in [-0.2, 0) is 6.42 Å². The number of aliphatic imine (C=N–C) groups is 1. The predicted octanol–water partition coefficient (Wildman–Crippen LogP) is 3.00. The van der Waals surface area contributed by atoms with Crippen LogP contribution in [0.25, 0.3) is 6.08 Å². The molecule has 2 aromatic rings. The van der Waals surface area contributed by atoms with Gasteiger partial charge in [0.05, 0.1) is 13.2 Å². The summed E-state index contributed by atoms with van der Waals surface area (Å²) in [6.07, 6.45) is 3.96. The van der Waals surface area contributed by atoms with Crippen molar-refractivity contribution in [3.05, 3.63) is 52.1 Å². The van der Waals surface area contributed by atoms with Crippen LogP contribution in [0.4, 0.5) is 20.4 Å². The maximum atomic E-state index is 15.2. The standard InChI is InChI=1S/C24H26F2N6O2/c1-14-7-16-10-18(25)23(22(26)17(16)8-14)34-24-29-20(28-19-9-15(13-33)12-27-19)11-21(30-24)32-5-3-31(2)4-6-32/h8-11,33H,3-7,12-13H2,1-2H3,(H,27,28,29,30). The number of amidine groups is 1. The molecule has 0 saturated carbocycles. The monoisotopic (exact) mass is 468 g/mol. The average molecular weight is 469 g/mol. The van der Waals surface area contributed by atoms with Gasteiger partial charge in [-0.2, -0.15) is 9.97 Å². The molecule has 0 amide bonds. The number of allylic oxidation sites excluding steroid dienone is 1. The van der Waals surface area contributed by atoms with E-state index in [1.807, 2.05) is 6.92 Å². The molecule has 34 heavy (non-hydrogen) atoms. The Balaban J connectivity index is 1.48. The van der Waals surface area contributed by atoms with Crippen molar-refractivity contribution in [3.63, 3.8) is 0 Å². The number of hydrogen-bond donors (Lipinski definition) is 2. The van der Waals surface area contributed by atoms with Crippen molar-refractivity contribution in [1.29, 1.82) is 0 Å². The van der Waals surface area contributed by atoms with E-state index in [4.69, 9.17) is 4.74 Å². The Labute approximate surface area is 196 Å². The largest absolute Gasteiger partial charge is 0.418 e. The molecule has 1 saturated heterocycles. The molecule has 0 bridgehead atoms. The maximum absolute atomic E-state index is 15.2. The normalized spacial score (nSPS) is 17.9. The van der Waals surface area contributed by atoms with E-state index in [0.717, 1.165) is 37.3 Å². The summed E-state index contributed by atoms with van der Waals surface area (Å²) in [5.74, 6) is -0.571. The molecule has 10 heteroatoms. The van der Waals surface area contributed by atoms with Crippen molar-refractivity contribution in [2.45, 2.75) is 13.3 Å². The van der Waals surface area contributed by atoms with Gasteiger partial charge in [-0.3, -0.25) is 4.99 Å². The first-order chi connectivity index (χ1) is 16.4. The second-order valence-corrected chi connectivity index (χ2v) is 8.82. The number of nitrogens with zero attached hydrogens (tertiary/aromatic N) is 5. The zero-order valence-corrected chi connectivity index (χ0v) is 19.1. The Kier molecular flexibility index (Phi) is 6.01. The van der Waals surface area contributed by atoms with Crippen molar-refractivity contribution >= 4 is 23.5 Å². The Morgan fingerprint density at radius 3 is 2.65 bits per heavy atom. The van der Waals surface area contributed by atoms with E-state index in [1.54, 1.807) is 18.2 Å². The summed E-state index contributed by atoms with van der Waals surface area (Å²) >= 11 is 0. The lowest BCUT2D eigenvalue weighted by Crippen LogP contribution is -2.44. The van der Waals surface area contributed by atoms with Crippen LogP contribution in [0.1, 0.15) is 18.1 Å². The van der Waals surface area contributed by atoms with Crippen molar-refractivity contribution in [1.82, 2.24) is 14.9 Å². The molecule has 3 heterocycles. The van der Waals surface area contributed by atoms with Gasteiger partial charge in [0.1, 0.15) is 17.5 Å². The van der Waals surface area contributed by atoms with E-state index < -0.39 is 17.4 Å². The Bertz CT molecular complexity index is 1220. The molecule has 3 aliphatic rings. The highest BCUT2D eigenvalue weighted by Gasteiger charge is 2.25. The fourth-order valence-corrected chi connectivity index (χ4v) is 4.24. The third-order valence-corrected chi connectivity index (χ3v) is 6.12. The molecule has 0 radical (unpaired) electrons. The summed E-state index contributed by atoms with van der Waals surface area (Å²) in [6, 6.07) is 2.89. The fourth-order valence-electron chi connectivity index (χ4n) is 4.24. The minimum Gasteiger partial charge on any atom is -0.418 e. The summed E-state index contributed by atoms with van der Waals surface area (Å²) in [5, 5.41) is 12.4. The van der Waals surface area contributed by atoms with Gasteiger partial charge in [0.25, 0.3) is 0 Å². The number of aliphatic hydroxyl groups is 1. The molecule has 8 nitrogen and oxygen atoms in total. The number of benzene rings is 1. The van der Waals surface area contributed by atoms with Gasteiger partial charge >= 0.3 is 6.01 Å². The topological polar surface area (TPSA) is 86.1 Å². The van der Waals surface area contributed by atoms with E-state index in [-0.39, 0.29) is 12.6 Å². The maximum Gasteiger partial charge on any atom is 0.326 e. The summed E-state index contributed by atoms with van der Waals surface area (Å²) in [4.78, 5) is 17.4. The summed E-state index contributed by atoms with van der Waals surface area (Å²) in [7, 11) is 2.05. The van der Waals surface area contributed by atoms with Gasteiger partial charge in [-0.1, -0.05) is 11.6 Å².